The molecule has 0 N–H and O–H groups in total. The van der Waals surface area contributed by atoms with Crippen LogP contribution in [0.4, 0.5) is 8.78 Å². The van der Waals surface area contributed by atoms with E-state index in [2.05, 4.69) is 9.99 Å². The SMILES string of the molecule is CON=C(C)c1ccc(F)cc1F. The predicted octanol–water partition coefficient (Wildman–Crippen LogP) is 2.34. The summed E-state index contributed by atoms with van der Waals surface area (Å²) in [5.41, 5.74) is 0.614. The van der Waals surface area contributed by atoms with Gasteiger partial charge in [-0.2, -0.15) is 0 Å². The molecule has 70 valence electrons. The molecule has 1 aromatic rings. The molecule has 0 radical (unpaired) electrons. The van der Waals surface area contributed by atoms with Gasteiger partial charge in [-0.15, -0.1) is 0 Å². The van der Waals surface area contributed by atoms with Crippen molar-refractivity contribution in [1.29, 1.82) is 0 Å². The van der Waals surface area contributed by atoms with E-state index in [1.807, 2.05) is 0 Å². The Labute approximate surface area is 74.8 Å². The number of benzene rings is 1. The van der Waals surface area contributed by atoms with Crippen LogP contribution in [0.1, 0.15) is 12.5 Å². The third kappa shape index (κ3) is 2.24. The number of oxime groups is 1. The van der Waals surface area contributed by atoms with Gasteiger partial charge in [0.05, 0.1) is 5.71 Å². The highest BCUT2D eigenvalue weighted by molar-refractivity contribution is 5.98. The van der Waals surface area contributed by atoms with Gasteiger partial charge < -0.3 is 4.84 Å². The standard InChI is InChI=1S/C9H9F2NO/c1-6(12-13-2)8-4-3-7(10)5-9(8)11/h3-5H,1-2H3. The Balaban J connectivity index is 3.09. The molecule has 0 spiro atoms. The van der Waals surface area contributed by atoms with E-state index in [0.717, 1.165) is 6.07 Å². The first-order valence-electron chi connectivity index (χ1n) is 3.68. The molecule has 13 heavy (non-hydrogen) atoms. The zero-order chi connectivity index (χ0) is 9.84. The topological polar surface area (TPSA) is 21.6 Å². The van der Waals surface area contributed by atoms with E-state index in [-0.39, 0.29) is 5.56 Å². The average Bonchev–Trinajstić information content (AvgIpc) is 2.04. The quantitative estimate of drug-likeness (QED) is 0.512. The molecule has 0 aliphatic rings. The monoisotopic (exact) mass is 185 g/mol. The predicted molar refractivity (Wildman–Crippen MR) is 45.6 cm³/mol. The second kappa shape index (κ2) is 3.98. The van der Waals surface area contributed by atoms with Gasteiger partial charge in [0, 0.05) is 11.6 Å². The lowest BCUT2D eigenvalue weighted by molar-refractivity contribution is 0.213. The number of hydrogen-bond acceptors (Lipinski definition) is 2. The van der Waals surface area contributed by atoms with Crippen LogP contribution in [0.25, 0.3) is 0 Å². The first-order chi connectivity index (χ1) is 6.15. The second-order valence-electron chi connectivity index (χ2n) is 2.48. The number of rotatable bonds is 2. The minimum atomic E-state index is -0.640. The molecule has 2 nitrogen and oxygen atoms in total. The molecule has 0 heterocycles. The Morgan fingerprint density at radius 1 is 1.38 bits per heavy atom. The molecular weight excluding hydrogens is 176 g/mol. The number of nitrogens with zero attached hydrogens (tertiary/aromatic N) is 1. The lowest BCUT2D eigenvalue weighted by atomic mass is 10.1. The molecule has 4 heteroatoms. The van der Waals surface area contributed by atoms with Crippen molar-refractivity contribution in [3.8, 4) is 0 Å². The first kappa shape index (κ1) is 9.64. The summed E-state index contributed by atoms with van der Waals surface area (Å²) in [6.45, 7) is 1.58. The van der Waals surface area contributed by atoms with Crippen molar-refractivity contribution in [3.63, 3.8) is 0 Å². The zero-order valence-electron chi connectivity index (χ0n) is 7.34. The maximum Gasteiger partial charge on any atom is 0.135 e. The molecule has 0 unspecified atom stereocenters. The first-order valence-corrected chi connectivity index (χ1v) is 3.68. The lowest BCUT2D eigenvalue weighted by Gasteiger charge is -2.01. The van der Waals surface area contributed by atoms with Gasteiger partial charge in [-0.05, 0) is 19.1 Å². The van der Waals surface area contributed by atoms with Crippen LogP contribution in [0, 0.1) is 11.6 Å². The van der Waals surface area contributed by atoms with Gasteiger partial charge >= 0.3 is 0 Å². The Morgan fingerprint density at radius 3 is 2.62 bits per heavy atom. The van der Waals surface area contributed by atoms with Crippen molar-refractivity contribution >= 4 is 5.71 Å². The molecule has 1 aromatic carbocycles. The highest BCUT2D eigenvalue weighted by atomic mass is 19.1. The summed E-state index contributed by atoms with van der Waals surface area (Å²) in [4.78, 5) is 4.47. The Hall–Kier alpha value is -1.45. The van der Waals surface area contributed by atoms with Crippen LogP contribution in [0.5, 0.6) is 0 Å². The van der Waals surface area contributed by atoms with Gasteiger partial charge in [0.25, 0.3) is 0 Å². The summed E-state index contributed by atoms with van der Waals surface area (Å²) in [7, 11) is 1.37. The van der Waals surface area contributed by atoms with Gasteiger partial charge in [-0.25, -0.2) is 8.78 Å². The third-order valence-corrected chi connectivity index (χ3v) is 1.55. The van der Waals surface area contributed by atoms with Crippen molar-refractivity contribution in [2.24, 2.45) is 5.16 Å². The van der Waals surface area contributed by atoms with Gasteiger partial charge in [-0.1, -0.05) is 5.16 Å². The van der Waals surface area contributed by atoms with Crippen LogP contribution in [0.2, 0.25) is 0 Å². The zero-order valence-corrected chi connectivity index (χ0v) is 7.34. The van der Waals surface area contributed by atoms with Crippen LogP contribution >= 0.6 is 0 Å². The minimum absolute atomic E-state index is 0.239. The van der Waals surface area contributed by atoms with Gasteiger partial charge in [0.2, 0.25) is 0 Å². The Kier molecular flexibility index (Phi) is 2.95. The van der Waals surface area contributed by atoms with E-state index in [4.69, 9.17) is 0 Å². The summed E-state index contributed by atoms with van der Waals surface area (Å²) in [6.07, 6.45) is 0. The minimum Gasteiger partial charge on any atom is -0.399 e. The largest absolute Gasteiger partial charge is 0.399 e. The maximum absolute atomic E-state index is 13.0. The normalized spacial score (nSPS) is 11.5. The van der Waals surface area contributed by atoms with E-state index >= 15 is 0 Å². The van der Waals surface area contributed by atoms with Gasteiger partial charge in [-0.3, -0.25) is 0 Å². The van der Waals surface area contributed by atoms with Crippen LogP contribution in [-0.4, -0.2) is 12.8 Å². The highest BCUT2D eigenvalue weighted by Gasteiger charge is 2.06. The smallest absolute Gasteiger partial charge is 0.135 e. The summed E-state index contributed by atoms with van der Waals surface area (Å²) in [5, 5.41) is 3.54. The third-order valence-electron chi connectivity index (χ3n) is 1.55. The fraction of sp³-hybridized carbons (Fsp3) is 0.222. The van der Waals surface area contributed by atoms with Crippen molar-refractivity contribution in [2.45, 2.75) is 6.92 Å². The molecule has 1 rings (SSSR count). The lowest BCUT2D eigenvalue weighted by Crippen LogP contribution is -1.99. The molecule has 0 aliphatic heterocycles. The Morgan fingerprint density at radius 2 is 2.08 bits per heavy atom. The molecule has 0 saturated heterocycles. The maximum atomic E-state index is 13.0. The number of hydrogen-bond donors (Lipinski definition) is 0. The van der Waals surface area contributed by atoms with Crippen LogP contribution in [-0.2, 0) is 4.84 Å². The average molecular weight is 185 g/mol. The van der Waals surface area contributed by atoms with Gasteiger partial charge in [0.15, 0.2) is 0 Å². The number of halogens is 2. The molecule has 0 aromatic heterocycles. The molecule has 0 aliphatic carbocycles. The summed E-state index contributed by atoms with van der Waals surface area (Å²) in [5.74, 6) is -1.25. The van der Waals surface area contributed by atoms with E-state index in [1.165, 1.54) is 19.2 Å². The van der Waals surface area contributed by atoms with Crippen molar-refractivity contribution in [3.05, 3.63) is 35.4 Å². The van der Waals surface area contributed by atoms with E-state index in [9.17, 15) is 8.78 Å². The molecule has 0 atom stereocenters. The van der Waals surface area contributed by atoms with Crippen molar-refractivity contribution < 1.29 is 13.6 Å². The van der Waals surface area contributed by atoms with Crippen LogP contribution in [0.15, 0.2) is 23.4 Å². The molecule has 0 saturated carbocycles. The summed E-state index contributed by atoms with van der Waals surface area (Å²) < 4.78 is 25.5. The molecule has 0 amide bonds. The van der Waals surface area contributed by atoms with Gasteiger partial charge in [0.1, 0.15) is 18.7 Å². The molecule has 0 fully saturated rings. The van der Waals surface area contributed by atoms with Crippen LogP contribution < -0.4 is 0 Å². The van der Waals surface area contributed by atoms with Crippen LogP contribution in [0.3, 0.4) is 0 Å². The van der Waals surface area contributed by atoms with Crippen molar-refractivity contribution in [2.75, 3.05) is 7.11 Å². The fourth-order valence-corrected chi connectivity index (χ4v) is 0.969. The summed E-state index contributed by atoms with van der Waals surface area (Å²) >= 11 is 0. The van der Waals surface area contributed by atoms with E-state index in [0.29, 0.717) is 5.71 Å². The summed E-state index contributed by atoms with van der Waals surface area (Å²) in [6, 6.07) is 3.31. The fourth-order valence-electron chi connectivity index (χ4n) is 0.969. The van der Waals surface area contributed by atoms with Crippen molar-refractivity contribution in [1.82, 2.24) is 0 Å². The Bertz CT molecular complexity index is 336. The molecule has 0 bridgehead atoms. The van der Waals surface area contributed by atoms with E-state index < -0.39 is 11.6 Å². The second-order valence-corrected chi connectivity index (χ2v) is 2.48. The highest BCUT2D eigenvalue weighted by Crippen LogP contribution is 2.10. The molecular formula is C9H9F2NO. The van der Waals surface area contributed by atoms with E-state index in [1.54, 1.807) is 6.92 Å².